The van der Waals surface area contributed by atoms with Gasteiger partial charge in [-0.05, 0) is 6.42 Å². The molecule has 1 aromatic rings. The van der Waals surface area contributed by atoms with Crippen molar-refractivity contribution >= 4 is 23.5 Å². The second-order valence-corrected chi connectivity index (χ2v) is 4.38. The lowest BCUT2D eigenvalue weighted by Crippen LogP contribution is -2.10. The topological polar surface area (TPSA) is 98.1 Å². The first-order valence-corrected chi connectivity index (χ1v) is 6.25. The van der Waals surface area contributed by atoms with Crippen LogP contribution in [0.2, 0.25) is 0 Å². The van der Waals surface area contributed by atoms with Gasteiger partial charge in [0.05, 0.1) is 13.0 Å². The number of ether oxygens (including phenoxy) is 1. The highest BCUT2D eigenvalue weighted by molar-refractivity contribution is 7.99. The highest BCUT2D eigenvalue weighted by atomic mass is 32.2. The van der Waals surface area contributed by atoms with Crippen LogP contribution in [0.4, 0.5) is 5.82 Å². The zero-order chi connectivity index (χ0) is 12.7. The van der Waals surface area contributed by atoms with Crippen molar-refractivity contribution in [2.24, 2.45) is 0 Å². The molecule has 1 aromatic heterocycles. The number of esters is 1. The molecular weight excluding hydrogens is 242 g/mol. The molecule has 7 heteroatoms. The molecule has 1 rings (SSSR count). The Labute approximate surface area is 103 Å². The average molecular weight is 257 g/mol. The third-order valence-corrected chi connectivity index (χ3v) is 2.63. The van der Waals surface area contributed by atoms with E-state index in [0.29, 0.717) is 17.5 Å². The maximum Gasteiger partial charge on any atom is 0.306 e. The number of hydrogen-bond donors (Lipinski definition) is 2. The molecule has 0 aliphatic rings. The van der Waals surface area contributed by atoms with Gasteiger partial charge >= 0.3 is 5.97 Å². The molecule has 0 bridgehead atoms. The molecule has 0 saturated carbocycles. The molecule has 0 atom stereocenters. The Morgan fingerprint density at radius 1 is 1.65 bits per heavy atom. The van der Waals surface area contributed by atoms with Gasteiger partial charge in [0.15, 0.2) is 5.16 Å². The van der Waals surface area contributed by atoms with E-state index in [1.807, 2.05) is 6.92 Å². The summed E-state index contributed by atoms with van der Waals surface area (Å²) < 4.78 is 4.91. The SMILES string of the molecule is CCCOC(=O)CCSc1nc(N)cc(=O)[nH]1. The minimum absolute atomic E-state index is 0.171. The van der Waals surface area contributed by atoms with Gasteiger partial charge in [0.1, 0.15) is 5.82 Å². The summed E-state index contributed by atoms with van der Waals surface area (Å²) in [5.74, 6) is 0.421. The number of thioether (sulfide) groups is 1. The van der Waals surface area contributed by atoms with Crippen LogP contribution in [0.3, 0.4) is 0 Å². The number of carbonyl (C=O) groups is 1. The lowest BCUT2D eigenvalue weighted by Gasteiger charge is -2.03. The van der Waals surface area contributed by atoms with Crippen LogP contribution >= 0.6 is 11.8 Å². The molecule has 0 saturated heterocycles. The Morgan fingerprint density at radius 2 is 2.41 bits per heavy atom. The van der Waals surface area contributed by atoms with Gasteiger partial charge in [0, 0.05) is 11.8 Å². The second kappa shape index (κ2) is 6.95. The maximum atomic E-state index is 11.2. The molecule has 0 amide bonds. The fourth-order valence-corrected chi connectivity index (χ4v) is 1.85. The predicted octanol–water partition coefficient (Wildman–Crippen LogP) is 0.788. The van der Waals surface area contributed by atoms with Gasteiger partial charge in [-0.15, -0.1) is 0 Å². The Hall–Kier alpha value is -1.50. The molecule has 94 valence electrons. The maximum absolute atomic E-state index is 11.2. The van der Waals surface area contributed by atoms with Crippen molar-refractivity contribution in [3.63, 3.8) is 0 Å². The quantitative estimate of drug-likeness (QED) is 0.444. The van der Waals surface area contributed by atoms with Crippen molar-refractivity contribution in [2.75, 3.05) is 18.1 Å². The molecule has 6 nitrogen and oxygen atoms in total. The highest BCUT2D eigenvalue weighted by Gasteiger charge is 2.04. The fourth-order valence-electron chi connectivity index (χ4n) is 1.04. The second-order valence-electron chi connectivity index (χ2n) is 3.29. The van der Waals surface area contributed by atoms with Crippen LogP contribution in [0, 0.1) is 0 Å². The summed E-state index contributed by atoms with van der Waals surface area (Å²) in [5, 5.41) is 0.415. The number of hydrogen-bond acceptors (Lipinski definition) is 6. The summed E-state index contributed by atoms with van der Waals surface area (Å²) >= 11 is 1.26. The summed E-state index contributed by atoms with van der Waals surface area (Å²) in [6.07, 6.45) is 1.09. The zero-order valence-electron chi connectivity index (χ0n) is 9.56. The van der Waals surface area contributed by atoms with Crippen molar-refractivity contribution in [3.8, 4) is 0 Å². The van der Waals surface area contributed by atoms with Gasteiger partial charge in [-0.25, -0.2) is 4.98 Å². The Kier molecular flexibility index (Phi) is 5.55. The van der Waals surface area contributed by atoms with Crippen LogP contribution in [-0.2, 0) is 9.53 Å². The summed E-state index contributed by atoms with van der Waals surface area (Å²) in [7, 11) is 0. The number of nitrogens with one attached hydrogen (secondary N) is 1. The number of anilines is 1. The van der Waals surface area contributed by atoms with Crippen molar-refractivity contribution in [2.45, 2.75) is 24.9 Å². The molecule has 0 radical (unpaired) electrons. The summed E-state index contributed by atoms with van der Waals surface area (Å²) in [6.45, 7) is 2.38. The van der Waals surface area contributed by atoms with Gasteiger partial charge in [-0.2, -0.15) is 0 Å². The van der Waals surface area contributed by atoms with Gasteiger partial charge in [-0.1, -0.05) is 18.7 Å². The van der Waals surface area contributed by atoms with E-state index in [1.54, 1.807) is 0 Å². The predicted molar refractivity (Wildman–Crippen MR) is 65.9 cm³/mol. The van der Waals surface area contributed by atoms with Gasteiger partial charge in [-0.3, -0.25) is 9.59 Å². The average Bonchev–Trinajstić information content (AvgIpc) is 2.25. The van der Waals surface area contributed by atoms with Gasteiger partial charge < -0.3 is 15.5 Å². The van der Waals surface area contributed by atoms with E-state index in [-0.39, 0.29) is 23.8 Å². The lowest BCUT2D eigenvalue weighted by molar-refractivity contribution is -0.143. The van der Waals surface area contributed by atoms with Crippen molar-refractivity contribution in [1.82, 2.24) is 9.97 Å². The number of nitrogen functional groups attached to an aromatic ring is 1. The van der Waals surface area contributed by atoms with E-state index in [2.05, 4.69) is 9.97 Å². The third kappa shape index (κ3) is 5.39. The van der Waals surface area contributed by atoms with Gasteiger partial charge in [0.2, 0.25) is 0 Å². The number of rotatable bonds is 6. The van der Waals surface area contributed by atoms with Crippen LogP contribution in [0.25, 0.3) is 0 Å². The van der Waals surface area contributed by atoms with Crippen molar-refractivity contribution in [3.05, 3.63) is 16.4 Å². The zero-order valence-corrected chi connectivity index (χ0v) is 10.4. The number of aromatic amines is 1. The Bertz CT molecular complexity index is 433. The van der Waals surface area contributed by atoms with Crippen molar-refractivity contribution < 1.29 is 9.53 Å². The Balaban J connectivity index is 2.35. The molecule has 0 aliphatic heterocycles. The third-order valence-electron chi connectivity index (χ3n) is 1.75. The standard InChI is InChI=1S/C10H15N3O3S/c1-2-4-16-9(15)3-5-17-10-12-7(11)6-8(14)13-10/h6H,2-5H2,1H3,(H3,11,12,13,14). The monoisotopic (exact) mass is 257 g/mol. The largest absolute Gasteiger partial charge is 0.466 e. The van der Waals surface area contributed by atoms with Crippen LogP contribution < -0.4 is 11.3 Å². The fraction of sp³-hybridized carbons (Fsp3) is 0.500. The van der Waals surface area contributed by atoms with E-state index >= 15 is 0 Å². The number of carbonyl (C=O) groups excluding carboxylic acids is 1. The van der Waals surface area contributed by atoms with Crippen LogP contribution in [0.5, 0.6) is 0 Å². The molecule has 0 fully saturated rings. The molecule has 0 unspecified atom stereocenters. The van der Waals surface area contributed by atoms with E-state index < -0.39 is 0 Å². The summed E-state index contributed by atoms with van der Waals surface area (Å²) in [5.41, 5.74) is 5.12. The molecule has 17 heavy (non-hydrogen) atoms. The first-order valence-electron chi connectivity index (χ1n) is 5.27. The normalized spacial score (nSPS) is 10.2. The van der Waals surface area contributed by atoms with Crippen LogP contribution in [0.15, 0.2) is 16.0 Å². The molecule has 0 aliphatic carbocycles. The molecule has 0 aromatic carbocycles. The molecular formula is C10H15N3O3S. The number of H-pyrrole nitrogens is 1. The molecule has 1 heterocycles. The Morgan fingerprint density at radius 3 is 3.06 bits per heavy atom. The highest BCUT2D eigenvalue weighted by Crippen LogP contribution is 2.13. The first-order chi connectivity index (χ1) is 8.11. The lowest BCUT2D eigenvalue weighted by atomic mass is 10.5. The van der Waals surface area contributed by atoms with Crippen LogP contribution in [0.1, 0.15) is 19.8 Å². The van der Waals surface area contributed by atoms with E-state index in [1.165, 1.54) is 17.8 Å². The van der Waals surface area contributed by atoms with E-state index in [9.17, 15) is 9.59 Å². The van der Waals surface area contributed by atoms with Crippen molar-refractivity contribution in [1.29, 1.82) is 0 Å². The van der Waals surface area contributed by atoms with Crippen LogP contribution in [-0.4, -0.2) is 28.3 Å². The molecule has 3 N–H and O–H groups in total. The number of aromatic nitrogens is 2. The van der Waals surface area contributed by atoms with E-state index in [0.717, 1.165) is 6.42 Å². The number of nitrogens with zero attached hydrogens (tertiary/aromatic N) is 1. The number of nitrogens with two attached hydrogens (primary N) is 1. The summed E-state index contributed by atoms with van der Waals surface area (Å²) in [6, 6.07) is 1.21. The molecule has 0 spiro atoms. The first kappa shape index (κ1) is 13.6. The summed E-state index contributed by atoms with van der Waals surface area (Å²) in [4.78, 5) is 28.7. The van der Waals surface area contributed by atoms with E-state index in [4.69, 9.17) is 10.5 Å². The van der Waals surface area contributed by atoms with Gasteiger partial charge in [0.25, 0.3) is 5.56 Å². The smallest absolute Gasteiger partial charge is 0.306 e. The minimum Gasteiger partial charge on any atom is -0.466 e. The minimum atomic E-state index is -0.298.